The molecule has 0 fully saturated rings. The van der Waals surface area contributed by atoms with Crippen molar-refractivity contribution in [2.75, 3.05) is 0 Å². The molecule has 80 valence electrons. The summed E-state index contributed by atoms with van der Waals surface area (Å²) in [6, 6.07) is 1.94. The van der Waals surface area contributed by atoms with Crippen molar-refractivity contribution in [2.24, 2.45) is 0 Å². The number of hydrogen-bond donors (Lipinski definition) is 0. The lowest BCUT2D eigenvalue weighted by molar-refractivity contribution is 0.103. The molecule has 0 aliphatic heterocycles. The van der Waals surface area contributed by atoms with Crippen molar-refractivity contribution in [1.82, 2.24) is 0 Å². The number of carbonyl (C=O) groups excluding carboxylic acids is 1. The number of hydrogen-bond acceptors (Lipinski definition) is 2. The third-order valence-corrected chi connectivity index (χ3v) is 4.49. The van der Waals surface area contributed by atoms with E-state index in [0.717, 1.165) is 34.2 Å². The average Bonchev–Trinajstić information content (AvgIpc) is 2.53. The highest BCUT2D eigenvalue weighted by Crippen LogP contribution is 2.28. The second kappa shape index (κ2) is 5.08. The fourth-order valence-corrected chi connectivity index (χ4v) is 3.35. The van der Waals surface area contributed by atoms with Crippen LogP contribution in [0, 0.1) is 0 Å². The Kier molecular flexibility index (Phi) is 3.76. The van der Waals surface area contributed by atoms with E-state index in [1.807, 2.05) is 11.4 Å². The molecule has 0 N–H and O–H groups in total. The Hall–Kier alpha value is -0.410. The van der Waals surface area contributed by atoms with Gasteiger partial charge in [-0.25, -0.2) is 0 Å². The summed E-state index contributed by atoms with van der Waals surface area (Å²) in [5.41, 5.74) is 1.01. The van der Waals surface area contributed by atoms with Crippen molar-refractivity contribution in [3.63, 3.8) is 0 Å². The van der Waals surface area contributed by atoms with E-state index in [0.29, 0.717) is 0 Å². The zero-order valence-electron chi connectivity index (χ0n) is 8.46. The van der Waals surface area contributed by atoms with Crippen LogP contribution in [0.3, 0.4) is 0 Å². The largest absolute Gasteiger partial charge is 0.288 e. The van der Waals surface area contributed by atoms with Crippen molar-refractivity contribution < 1.29 is 4.79 Å². The monoisotopic (exact) mass is 284 g/mol. The van der Waals surface area contributed by atoms with E-state index in [1.54, 1.807) is 0 Å². The van der Waals surface area contributed by atoms with Gasteiger partial charge in [0.2, 0.25) is 0 Å². The van der Waals surface area contributed by atoms with Crippen LogP contribution in [0.15, 0.2) is 27.6 Å². The lowest BCUT2D eigenvalue weighted by Crippen LogP contribution is -2.01. The minimum Gasteiger partial charge on any atom is -0.288 e. The predicted molar refractivity (Wildman–Crippen MR) is 67.5 cm³/mol. The van der Waals surface area contributed by atoms with Gasteiger partial charge < -0.3 is 0 Å². The first-order chi connectivity index (χ1) is 7.29. The van der Waals surface area contributed by atoms with Gasteiger partial charge in [0.15, 0.2) is 5.78 Å². The lowest BCUT2D eigenvalue weighted by atomic mass is 10.1. The van der Waals surface area contributed by atoms with Crippen LogP contribution < -0.4 is 0 Å². The molecule has 0 aromatic carbocycles. The second-order valence-corrected chi connectivity index (χ2v) is 5.53. The van der Waals surface area contributed by atoms with E-state index < -0.39 is 0 Å². The molecule has 0 saturated heterocycles. The Balaban J connectivity index is 2.20. The number of allylic oxidation sites excluding steroid dienone is 2. The highest BCUT2D eigenvalue weighted by Gasteiger charge is 2.17. The summed E-state index contributed by atoms with van der Waals surface area (Å²) >= 11 is 4.94. The van der Waals surface area contributed by atoms with Crippen LogP contribution in [0.2, 0.25) is 0 Å². The molecule has 1 aliphatic carbocycles. The Labute approximate surface area is 102 Å². The van der Waals surface area contributed by atoms with Gasteiger partial charge in [0.05, 0.1) is 4.88 Å². The Bertz CT molecular complexity index is 392. The van der Waals surface area contributed by atoms with Gasteiger partial charge in [0.25, 0.3) is 0 Å². The van der Waals surface area contributed by atoms with E-state index in [9.17, 15) is 4.79 Å². The van der Waals surface area contributed by atoms with Crippen molar-refractivity contribution in [3.8, 4) is 0 Å². The molecule has 3 heteroatoms. The molecule has 0 spiro atoms. The zero-order chi connectivity index (χ0) is 10.7. The third-order valence-electron chi connectivity index (χ3n) is 2.66. The average molecular weight is 285 g/mol. The van der Waals surface area contributed by atoms with Crippen molar-refractivity contribution in [2.45, 2.75) is 32.1 Å². The van der Waals surface area contributed by atoms with Crippen molar-refractivity contribution in [1.29, 1.82) is 0 Å². The summed E-state index contributed by atoms with van der Waals surface area (Å²) in [7, 11) is 0. The van der Waals surface area contributed by atoms with E-state index in [4.69, 9.17) is 0 Å². The van der Waals surface area contributed by atoms with Crippen molar-refractivity contribution in [3.05, 3.63) is 32.4 Å². The summed E-state index contributed by atoms with van der Waals surface area (Å²) in [5.74, 6) is 0.221. The number of carbonyl (C=O) groups is 1. The predicted octanol–water partition coefficient (Wildman–Crippen LogP) is 4.58. The summed E-state index contributed by atoms with van der Waals surface area (Å²) < 4.78 is 0.933. The van der Waals surface area contributed by atoms with E-state index >= 15 is 0 Å². The topological polar surface area (TPSA) is 17.1 Å². The molecule has 0 amide bonds. The maximum absolute atomic E-state index is 12.1. The van der Waals surface area contributed by atoms with Crippen LogP contribution in [0.4, 0.5) is 0 Å². The van der Waals surface area contributed by atoms with Gasteiger partial charge >= 0.3 is 0 Å². The number of thiophene rings is 1. The fraction of sp³-hybridized carbons (Fsp3) is 0.417. The Morgan fingerprint density at radius 3 is 2.93 bits per heavy atom. The highest BCUT2D eigenvalue weighted by atomic mass is 79.9. The van der Waals surface area contributed by atoms with Gasteiger partial charge in [0, 0.05) is 4.47 Å². The molecule has 15 heavy (non-hydrogen) atoms. The van der Waals surface area contributed by atoms with Crippen LogP contribution in [-0.2, 0) is 0 Å². The molecule has 1 heterocycles. The molecule has 1 aromatic rings. The van der Waals surface area contributed by atoms with Crippen LogP contribution in [0.5, 0.6) is 0 Å². The highest BCUT2D eigenvalue weighted by molar-refractivity contribution is 9.10. The first kappa shape index (κ1) is 11.1. The summed E-state index contributed by atoms with van der Waals surface area (Å²) in [6.45, 7) is 0. The third kappa shape index (κ3) is 2.58. The molecule has 0 atom stereocenters. The molecule has 1 aliphatic rings. The summed E-state index contributed by atoms with van der Waals surface area (Å²) in [4.78, 5) is 13.0. The van der Waals surface area contributed by atoms with E-state index in [-0.39, 0.29) is 5.78 Å². The number of Topliss-reactive ketones (excluding diaryl/α,β-unsaturated/α-hetero) is 1. The molecular weight excluding hydrogens is 272 g/mol. The van der Waals surface area contributed by atoms with Crippen LogP contribution in [0.1, 0.15) is 41.8 Å². The maximum atomic E-state index is 12.1. The number of halogens is 1. The molecule has 1 nitrogen and oxygen atoms in total. The fourth-order valence-electron chi connectivity index (χ4n) is 1.82. The molecule has 1 aromatic heterocycles. The molecule has 0 unspecified atom stereocenters. The second-order valence-electron chi connectivity index (χ2n) is 3.76. The Morgan fingerprint density at radius 1 is 1.33 bits per heavy atom. The SMILES string of the molecule is O=C(C1=CCCCCC1)c1sccc1Br. The molecule has 0 saturated carbocycles. The standard InChI is InChI=1S/C12H13BrOS/c13-10-7-8-15-12(10)11(14)9-5-3-1-2-4-6-9/h5,7-8H,1-4,6H2. The molecule has 0 radical (unpaired) electrons. The minimum atomic E-state index is 0.221. The quantitative estimate of drug-likeness (QED) is 0.727. The van der Waals surface area contributed by atoms with Crippen molar-refractivity contribution >= 4 is 33.0 Å². The molecule has 2 rings (SSSR count). The van der Waals surface area contributed by atoms with Gasteiger partial charge in [-0.1, -0.05) is 12.5 Å². The Morgan fingerprint density at radius 2 is 2.20 bits per heavy atom. The maximum Gasteiger partial charge on any atom is 0.199 e. The summed E-state index contributed by atoms with van der Waals surface area (Å²) in [5, 5.41) is 1.95. The van der Waals surface area contributed by atoms with Crippen LogP contribution in [-0.4, -0.2) is 5.78 Å². The summed E-state index contributed by atoms with van der Waals surface area (Å²) in [6.07, 6.45) is 7.76. The van der Waals surface area contributed by atoms with Gasteiger partial charge in [-0.05, 0) is 58.6 Å². The smallest absolute Gasteiger partial charge is 0.199 e. The van der Waals surface area contributed by atoms with E-state index in [1.165, 1.54) is 24.2 Å². The zero-order valence-corrected chi connectivity index (χ0v) is 10.9. The van der Waals surface area contributed by atoms with Crippen LogP contribution >= 0.6 is 27.3 Å². The van der Waals surface area contributed by atoms with Gasteiger partial charge in [0.1, 0.15) is 0 Å². The van der Waals surface area contributed by atoms with E-state index in [2.05, 4.69) is 22.0 Å². The lowest BCUT2D eigenvalue weighted by Gasteiger charge is -2.02. The molecule has 0 bridgehead atoms. The van der Waals surface area contributed by atoms with Crippen LogP contribution in [0.25, 0.3) is 0 Å². The normalized spacial score (nSPS) is 17.0. The number of rotatable bonds is 2. The van der Waals surface area contributed by atoms with Gasteiger partial charge in [-0.15, -0.1) is 11.3 Å². The first-order valence-corrected chi connectivity index (χ1v) is 6.93. The van der Waals surface area contributed by atoms with Gasteiger partial charge in [-0.3, -0.25) is 4.79 Å². The molecular formula is C12H13BrOS. The minimum absolute atomic E-state index is 0.221. The van der Waals surface area contributed by atoms with Gasteiger partial charge in [-0.2, -0.15) is 0 Å². The first-order valence-electron chi connectivity index (χ1n) is 5.26. The number of ketones is 1.